The molecule has 0 saturated carbocycles. The molecule has 0 aromatic carbocycles. The molecule has 1 aliphatic heterocycles. The molecular formula is C9H10N4O4. The van der Waals surface area contributed by atoms with Crippen molar-refractivity contribution in [3.63, 3.8) is 0 Å². The standard InChI is InChI=1S/C9H10N4O4/c14-7-4-13(6(3-10-7)9(16)17)8(15)5-1-11-12-2-5/h1-2,6H,3-4H2,(H,10,14)(H,11,12)(H,16,17). The summed E-state index contributed by atoms with van der Waals surface area (Å²) in [5.41, 5.74) is 0.228. The summed E-state index contributed by atoms with van der Waals surface area (Å²) in [5, 5.41) is 17.4. The fourth-order valence-electron chi connectivity index (χ4n) is 1.61. The first-order valence-electron chi connectivity index (χ1n) is 4.89. The number of nitrogens with one attached hydrogen (secondary N) is 2. The Kier molecular flexibility index (Phi) is 2.77. The van der Waals surface area contributed by atoms with Gasteiger partial charge in [0.25, 0.3) is 5.91 Å². The van der Waals surface area contributed by atoms with E-state index in [2.05, 4.69) is 15.5 Å². The number of carbonyl (C=O) groups is 3. The van der Waals surface area contributed by atoms with Crippen LogP contribution in [0.2, 0.25) is 0 Å². The van der Waals surface area contributed by atoms with Gasteiger partial charge in [0.15, 0.2) is 0 Å². The highest BCUT2D eigenvalue weighted by atomic mass is 16.4. The maximum atomic E-state index is 11.9. The van der Waals surface area contributed by atoms with Crippen LogP contribution in [-0.2, 0) is 9.59 Å². The van der Waals surface area contributed by atoms with Crippen LogP contribution in [0.4, 0.5) is 0 Å². The number of aromatic amines is 1. The van der Waals surface area contributed by atoms with Crippen molar-refractivity contribution in [1.29, 1.82) is 0 Å². The van der Waals surface area contributed by atoms with Crippen molar-refractivity contribution in [2.75, 3.05) is 13.1 Å². The van der Waals surface area contributed by atoms with Crippen LogP contribution in [0.25, 0.3) is 0 Å². The zero-order valence-electron chi connectivity index (χ0n) is 8.71. The number of carboxylic acids is 1. The normalized spacial score (nSPS) is 19.9. The Morgan fingerprint density at radius 2 is 2.29 bits per heavy atom. The average Bonchev–Trinajstić information content (AvgIpc) is 2.80. The van der Waals surface area contributed by atoms with E-state index in [0.29, 0.717) is 0 Å². The lowest BCUT2D eigenvalue weighted by Crippen LogP contribution is -2.59. The molecule has 0 bridgehead atoms. The molecule has 8 nitrogen and oxygen atoms in total. The van der Waals surface area contributed by atoms with Gasteiger partial charge < -0.3 is 15.3 Å². The van der Waals surface area contributed by atoms with E-state index in [9.17, 15) is 14.4 Å². The summed E-state index contributed by atoms with van der Waals surface area (Å²) in [5.74, 6) is -2.05. The molecule has 8 heteroatoms. The maximum Gasteiger partial charge on any atom is 0.328 e. The van der Waals surface area contributed by atoms with Crippen LogP contribution in [0.5, 0.6) is 0 Å². The van der Waals surface area contributed by atoms with Gasteiger partial charge >= 0.3 is 5.97 Å². The topological polar surface area (TPSA) is 115 Å². The molecule has 3 N–H and O–H groups in total. The molecule has 2 heterocycles. The van der Waals surface area contributed by atoms with E-state index in [1.807, 2.05) is 0 Å². The van der Waals surface area contributed by atoms with E-state index in [1.54, 1.807) is 0 Å². The average molecular weight is 238 g/mol. The van der Waals surface area contributed by atoms with E-state index < -0.39 is 17.9 Å². The highest BCUT2D eigenvalue weighted by Crippen LogP contribution is 2.10. The van der Waals surface area contributed by atoms with Gasteiger partial charge in [0, 0.05) is 12.7 Å². The summed E-state index contributed by atoms with van der Waals surface area (Å²) in [7, 11) is 0. The minimum Gasteiger partial charge on any atom is -0.480 e. The minimum atomic E-state index is -1.15. The SMILES string of the molecule is O=C1CN(C(=O)c2cn[nH]c2)C(C(=O)O)CN1. The van der Waals surface area contributed by atoms with Crippen molar-refractivity contribution in [2.24, 2.45) is 0 Å². The Labute approximate surface area is 95.6 Å². The molecule has 0 spiro atoms. The van der Waals surface area contributed by atoms with E-state index in [0.717, 1.165) is 4.90 Å². The quantitative estimate of drug-likeness (QED) is 0.576. The third-order valence-electron chi connectivity index (χ3n) is 2.47. The second-order valence-corrected chi connectivity index (χ2v) is 3.58. The molecule has 1 atom stereocenters. The number of nitrogens with zero attached hydrogens (tertiary/aromatic N) is 2. The van der Waals surface area contributed by atoms with Crippen LogP contribution in [0.1, 0.15) is 10.4 Å². The van der Waals surface area contributed by atoms with Gasteiger partial charge in [-0.05, 0) is 0 Å². The predicted octanol–water partition coefficient (Wildman–Crippen LogP) is -1.57. The van der Waals surface area contributed by atoms with Crippen molar-refractivity contribution >= 4 is 17.8 Å². The summed E-state index contributed by atoms with van der Waals surface area (Å²) in [4.78, 5) is 35.1. The zero-order valence-corrected chi connectivity index (χ0v) is 8.71. The lowest BCUT2D eigenvalue weighted by molar-refractivity contribution is -0.144. The third kappa shape index (κ3) is 2.10. The summed E-state index contributed by atoms with van der Waals surface area (Å²) < 4.78 is 0. The van der Waals surface area contributed by atoms with Crippen molar-refractivity contribution in [2.45, 2.75) is 6.04 Å². The van der Waals surface area contributed by atoms with Gasteiger partial charge in [-0.3, -0.25) is 14.7 Å². The highest BCUT2D eigenvalue weighted by molar-refractivity contribution is 5.99. The Bertz CT molecular complexity index is 456. The number of hydrogen-bond donors (Lipinski definition) is 3. The maximum absolute atomic E-state index is 11.9. The smallest absolute Gasteiger partial charge is 0.328 e. The number of H-pyrrole nitrogens is 1. The molecule has 1 unspecified atom stereocenters. The van der Waals surface area contributed by atoms with E-state index in [4.69, 9.17) is 5.11 Å². The van der Waals surface area contributed by atoms with Gasteiger partial charge in [0.1, 0.15) is 12.6 Å². The van der Waals surface area contributed by atoms with Crippen molar-refractivity contribution in [3.05, 3.63) is 18.0 Å². The molecule has 1 aliphatic rings. The summed E-state index contributed by atoms with van der Waals surface area (Å²) >= 11 is 0. The van der Waals surface area contributed by atoms with Crippen molar-refractivity contribution in [1.82, 2.24) is 20.4 Å². The van der Waals surface area contributed by atoms with Crippen LogP contribution in [0.15, 0.2) is 12.4 Å². The largest absolute Gasteiger partial charge is 0.480 e. The third-order valence-corrected chi connectivity index (χ3v) is 2.47. The number of aromatic nitrogens is 2. The van der Waals surface area contributed by atoms with Crippen molar-refractivity contribution < 1.29 is 19.5 Å². The zero-order chi connectivity index (χ0) is 12.4. The molecule has 1 saturated heterocycles. The molecule has 1 aromatic heterocycles. The molecule has 2 amide bonds. The number of carboxylic acid groups (broad SMARTS) is 1. The molecular weight excluding hydrogens is 228 g/mol. The first kappa shape index (κ1) is 11.1. The number of hydrogen-bond acceptors (Lipinski definition) is 4. The Hall–Kier alpha value is -2.38. The molecule has 2 rings (SSSR count). The number of carbonyl (C=O) groups excluding carboxylic acids is 2. The molecule has 17 heavy (non-hydrogen) atoms. The molecule has 0 aliphatic carbocycles. The Balaban J connectivity index is 2.23. The number of piperazine rings is 1. The number of rotatable bonds is 2. The van der Waals surface area contributed by atoms with Crippen LogP contribution in [0.3, 0.4) is 0 Å². The predicted molar refractivity (Wildman–Crippen MR) is 54.1 cm³/mol. The monoisotopic (exact) mass is 238 g/mol. The Morgan fingerprint density at radius 1 is 1.53 bits per heavy atom. The van der Waals surface area contributed by atoms with Gasteiger partial charge in [0.05, 0.1) is 11.8 Å². The fourth-order valence-corrected chi connectivity index (χ4v) is 1.61. The van der Waals surface area contributed by atoms with Crippen LogP contribution >= 0.6 is 0 Å². The van der Waals surface area contributed by atoms with Gasteiger partial charge in [-0.15, -0.1) is 0 Å². The van der Waals surface area contributed by atoms with Crippen molar-refractivity contribution in [3.8, 4) is 0 Å². The van der Waals surface area contributed by atoms with E-state index in [1.165, 1.54) is 12.4 Å². The number of aliphatic carboxylic acids is 1. The summed E-state index contributed by atoms with van der Waals surface area (Å²) in [6.07, 6.45) is 2.64. The summed E-state index contributed by atoms with van der Waals surface area (Å²) in [6, 6.07) is -1.05. The Morgan fingerprint density at radius 3 is 2.88 bits per heavy atom. The van der Waals surface area contributed by atoms with Gasteiger partial charge in [-0.2, -0.15) is 5.10 Å². The van der Waals surface area contributed by atoms with Crippen LogP contribution in [0, 0.1) is 0 Å². The fraction of sp³-hybridized carbons (Fsp3) is 0.333. The van der Waals surface area contributed by atoms with E-state index >= 15 is 0 Å². The first-order valence-corrected chi connectivity index (χ1v) is 4.89. The van der Waals surface area contributed by atoms with E-state index in [-0.39, 0.29) is 24.6 Å². The lowest BCUT2D eigenvalue weighted by atomic mass is 10.1. The second-order valence-electron chi connectivity index (χ2n) is 3.58. The highest BCUT2D eigenvalue weighted by Gasteiger charge is 2.35. The van der Waals surface area contributed by atoms with Gasteiger partial charge in [0.2, 0.25) is 5.91 Å². The lowest BCUT2D eigenvalue weighted by Gasteiger charge is -2.32. The second kappa shape index (κ2) is 4.24. The van der Waals surface area contributed by atoms with Gasteiger partial charge in [-0.25, -0.2) is 4.79 Å². The summed E-state index contributed by atoms with van der Waals surface area (Å²) in [6.45, 7) is -0.348. The molecule has 90 valence electrons. The van der Waals surface area contributed by atoms with Gasteiger partial charge in [-0.1, -0.05) is 0 Å². The molecule has 0 radical (unpaired) electrons. The number of amides is 2. The van der Waals surface area contributed by atoms with Crippen LogP contribution in [-0.4, -0.2) is 57.1 Å². The minimum absolute atomic E-state index is 0.0856. The van der Waals surface area contributed by atoms with Crippen LogP contribution < -0.4 is 5.32 Å². The first-order chi connectivity index (χ1) is 8.09. The molecule has 1 aromatic rings. The molecule has 1 fully saturated rings.